The van der Waals surface area contributed by atoms with Gasteiger partial charge in [0.1, 0.15) is 0 Å². The monoisotopic (exact) mass is 174 g/mol. The van der Waals surface area contributed by atoms with E-state index in [0.717, 1.165) is 19.4 Å². The van der Waals surface area contributed by atoms with E-state index in [9.17, 15) is 0 Å². The van der Waals surface area contributed by atoms with Crippen LogP contribution in [0.5, 0.6) is 0 Å². The lowest BCUT2D eigenvalue weighted by atomic mass is 10.2. The summed E-state index contributed by atoms with van der Waals surface area (Å²) in [7, 11) is 0. The average molecular weight is 174 g/mol. The van der Waals surface area contributed by atoms with Crippen LogP contribution in [0, 0.1) is 0 Å². The van der Waals surface area contributed by atoms with Crippen molar-refractivity contribution in [3.63, 3.8) is 0 Å². The molecule has 74 valence electrons. The van der Waals surface area contributed by atoms with Crippen molar-refractivity contribution in [3.05, 3.63) is 0 Å². The van der Waals surface area contributed by atoms with E-state index < -0.39 is 0 Å². The van der Waals surface area contributed by atoms with Crippen LogP contribution in [0.25, 0.3) is 0 Å². The van der Waals surface area contributed by atoms with Crippen LogP contribution in [0.2, 0.25) is 0 Å². The SMILES string of the molecule is CC(N)CCOC(C)CC(C)N. The van der Waals surface area contributed by atoms with Gasteiger partial charge in [-0.05, 0) is 33.6 Å². The fourth-order valence-electron chi connectivity index (χ4n) is 1.05. The molecule has 0 saturated carbocycles. The van der Waals surface area contributed by atoms with E-state index in [4.69, 9.17) is 16.2 Å². The first-order chi connectivity index (χ1) is 5.52. The van der Waals surface area contributed by atoms with E-state index in [0.29, 0.717) is 0 Å². The molecule has 3 atom stereocenters. The summed E-state index contributed by atoms with van der Waals surface area (Å²) in [6, 6.07) is 0.447. The maximum absolute atomic E-state index is 5.62. The molecule has 0 fully saturated rings. The van der Waals surface area contributed by atoms with Gasteiger partial charge in [0.25, 0.3) is 0 Å². The molecular weight excluding hydrogens is 152 g/mol. The van der Waals surface area contributed by atoms with Gasteiger partial charge in [-0.2, -0.15) is 0 Å². The Morgan fingerprint density at radius 3 is 2.08 bits per heavy atom. The van der Waals surface area contributed by atoms with Crippen molar-refractivity contribution in [3.8, 4) is 0 Å². The Bertz CT molecular complexity index is 105. The lowest BCUT2D eigenvalue weighted by Crippen LogP contribution is -2.24. The molecule has 0 bridgehead atoms. The second kappa shape index (κ2) is 6.40. The maximum Gasteiger partial charge on any atom is 0.0561 e. The molecule has 0 saturated heterocycles. The molecule has 12 heavy (non-hydrogen) atoms. The molecule has 0 radical (unpaired) electrons. The molecule has 0 rings (SSSR count). The minimum Gasteiger partial charge on any atom is -0.378 e. The van der Waals surface area contributed by atoms with Crippen molar-refractivity contribution in [1.82, 2.24) is 0 Å². The van der Waals surface area contributed by atoms with Crippen molar-refractivity contribution in [1.29, 1.82) is 0 Å². The van der Waals surface area contributed by atoms with E-state index in [1.807, 2.05) is 20.8 Å². The van der Waals surface area contributed by atoms with Crippen LogP contribution in [0.15, 0.2) is 0 Å². The maximum atomic E-state index is 5.62. The van der Waals surface area contributed by atoms with Gasteiger partial charge in [-0.3, -0.25) is 0 Å². The zero-order valence-electron chi connectivity index (χ0n) is 8.42. The van der Waals surface area contributed by atoms with Crippen LogP contribution in [-0.4, -0.2) is 24.8 Å². The Labute approximate surface area is 75.5 Å². The highest BCUT2D eigenvalue weighted by Gasteiger charge is 2.05. The summed E-state index contributed by atoms with van der Waals surface area (Å²) in [5.74, 6) is 0. The number of ether oxygens (including phenoxy) is 1. The summed E-state index contributed by atoms with van der Waals surface area (Å²) >= 11 is 0. The van der Waals surface area contributed by atoms with Crippen LogP contribution in [0.3, 0.4) is 0 Å². The lowest BCUT2D eigenvalue weighted by molar-refractivity contribution is 0.0531. The van der Waals surface area contributed by atoms with Crippen molar-refractivity contribution >= 4 is 0 Å². The Morgan fingerprint density at radius 1 is 1.08 bits per heavy atom. The molecular formula is C9H22N2O. The number of rotatable bonds is 6. The second-order valence-corrected chi connectivity index (χ2v) is 3.66. The molecule has 0 aliphatic heterocycles. The molecule has 0 aliphatic rings. The molecule has 3 heteroatoms. The smallest absolute Gasteiger partial charge is 0.0561 e. The van der Waals surface area contributed by atoms with Gasteiger partial charge in [0, 0.05) is 18.7 Å². The zero-order valence-corrected chi connectivity index (χ0v) is 8.42. The fraction of sp³-hybridized carbons (Fsp3) is 1.00. The molecule has 3 nitrogen and oxygen atoms in total. The van der Waals surface area contributed by atoms with E-state index >= 15 is 0 Å². The second-order valence-electron chi connectivity index (χ2n) is 3.66. The fourth-order valence-corrected chi connectivity index (χ4v) is 1.05. The first kappa shape index (κ1) is 11.9. The van der Waals surface area contributed by atoms with Gasteiger partial charge in [-0.15, -0.1) is 0 Å². The molecule has 3 unspecified atom stereocenters. The molecule has 0 aromatic heterocycles. The summed E-state index contributed by atoms with van der Waals surface area (Å²) in [5.41, 5.74) is 11.2. The largest absolute Gasteiger partial charge is 0.378 e. The van der Waals surface area contributed by atoms with Gasteiger partial charge < -0.3 is 16.2 Å². The van der Waals surface area contributed by atoms with Crippen molar-refractivity contribution in [2.45, 2.75) is 51.8 Å². The summed E-state index contributed by atoms with van der Waals surface area (Å²) in [6.45, 7) is 6.76. The molecule has 0 aliphatic carbocycles. The Balaban J connectivity index is 3.25. The summed E-state index contributed by atoms with van der Waals surface area (Å²) in [5, 5.41) is 0. The highest BCUT2D eigenvalue weighted by molar-refractivity contribution is 4.60. The summed E-state index contributed by atoms with van der Waals surface area (Å²) in [6.07, 6.45) is 2.09. The van der Waals surface area contributed by atoms with E-state index in [2.05, 4.69) is 0 Å². The number of hydrogen-bond acceptors (Lipinski definition) is 3. The normalized spacial score (nSPS) is 18.8. The highest BCUT2D eigenvalue weighted by Crippen LogP contribution is 2.01. The van der Waals surface area contributed by atoms with Gasteiger partial charge in [-0.25, -0.2) is 0 Å². The third-order valence-corrected chi connectivity index (χ3v) is 1.68. The average Bonchev–Trinajstić information content (AvgIpc) is 1.84. The molecule has 0 spiro atoms. The Hall–Kier alpha value is -0.120. The van der Waals surface area contributed by atoms with Crippen molar-refractivity contribution in [2.75, 3.05) is 6.61 Å². The topological polar surface area (TPSA) is 61.3 Å². The van der Waals surface area contributed by atoms with Crippen LogP contribution in [0.4, 0.5) is 0 Å². The first-order valence-electron chi connectivity index (χ1n) is 4.65. The standard InChI is InChI=1S/C9H22N2O/c1-7(10)4-5-12-9(3)6-8(2)11/h7-9H,4-6,10-11H2,1-3H3. The van der Waals surface area contributed by atoms with Gasteiger partial charge in [0.05, 0.1) is 6.10 Å². The van der Waals surface area contributed by atoms with Gasteiger partial charge in [-0.1, -0.05) is 0 Å². The van der Waals surface area contributed by atoms with E-state index in [1.54, 1.807) is 0 Å². The van der Waals surface area contributed by atoms with E-state index in [-0.39, 0.29) is 18.2 Å². The lowest BCUT2D eigenvalue weighted by Gasteiger charge is -2.15. The predicted molar refractivity (Wildman–Crippen MR) is 51.9 cm³/mol. The minimum atomic E-state index is 0.218. The van der Waals surface area contributed by atoms with Crippen molar-refractivity contribution < 1.29 is 4.74 Å². The predicted octanol–water partition coefficient (Wildman–Crippen LogP) is 0.866. The molecule has 0 aromatic rings. The van der Waals surface area contributed by atoms with Crippen LogP contribution in [-0.2, 0) is 4.74 Å². The number of nitrogens with two attached hydrogens (primary N) is 2. The van der Waals surface area contributed by atoms with E-state index in [1.165, 1.54) is 0 Å². The first-order valence-corrected chi connectivity index (χ1v) is 4.65. The third-order valence-electron chi connectivity index (χ3n) is 1.68. The Morgan fingerprint density at radius 2 is 1.67 bits per heavy atom. The van der Waals surface area contributed by atoms with Gasteiger partial charge in [0.2, 0.25) is 0 Å². The third kappa shape index (κ3) is 7.98. The van der Waals surface area contributed by atoms with Gasteiger partial charge in [0.15, 0.2) is 0 Å². The van der Waals surface area contributed by atoms with Crippen LogP contribution in [0.1, 0.15) is 33.6 Å². The minimum absolute atomic E-state index is 0.218. The van der Waals surface area contributed by atoms with Gasteiger partial charge >= 0.3 is 0 Å². The molecule has 0 amide bonds. The molecule has 0 aromatic carbocycles. The quantitative estimate of drug-likeness (QED) is 0.628. The summed E-state index contributed by atoms with van der Waals surface area (Å²) in [4.78, 5) is 0. The molecule has 0 heterocycles. The zero-order chi connectivity index (χ0) is 9.56. The van der Waals surface area contributed by atoms with Crippen LogP contribution >= 0.6 is 0 Å². The summed E-state index contributed by atoms with van der Waals surface area (Å²) < 4.78 is 5.50. The number of hydrogen-bond donors (Lipinski definition) is 2. The molecule has 4 N–H and O–H groups in total. The van der Waals surface area contributed by atoms with Crippen LogP contribution < -0.4 is 11.5 Å². The Kier molecular flexibility index (Phi) is 6.34. The van der Waals surface area contributed by atoms with Crippen molar-refractivity contribution in [2.24, 2.45) is 11.5 Å². The highest BCUT2D eigenvalue weighted by atomic mass is 16.5.